The molecule has 6 heteroatoms. The SMILES string of the molecule is CCOc1ccc2oc(C(=O)O[C@H](C)C(=O)Nc3c(C)cccc3C)c(C)c2c1. The van der Waals surface area contributed by atoms with Crippen molar-refractivity contribution in [3.63, 3.8) is 0 Å². The number of aryl methyl sites for hydroxylation is 3. The van der Waals surface area contributed by atoms with Crippen LogP contribution in [0.15, 0.2) is 40.8 Å². The van der Waals surface area contributed by atoms with E-state index in [1.54, 1.807) is 19.1 Å². The molecule has 2 aromatic carbocycles. The first-order chi connectivity index (χ1) is 13.8. The van der Waals surface area contributed by atoms with Gasteiger partial charge in [0.2, 0.25) is 5.76 Å². The van der Waals surface area contributed by atoms with Gasteiger partial charge >= 0.3 is 5.97 Å². The fourth-order valence-corrected chi connectivity index (χ4v) is 3.16. The van der Waals surface area contributed by atoms with E-state index in [0.29, 0.717) is 23.5 Å². The first-order valence-corrected chi connectivity index (χ1v) is 9.55. The van der Waals surface area contributed by atoms with Crippen LogP contribution < -0.4 is 10.1 Å². The molecule has 0 aliphatic carbocycles. The quantitative estimate of drug-likeness (QED) is 0.598. The fraction of sp³-hybridized carbons (Fsp3) is 0.304. The molecule has 0 bridgehead atoms. The van der Waals surface area contributed by atoms with Crippen LogP contribution in [0, 0.1) is 20.8 Å². The number of anilines is 1. The highest BCUT2D eigenvalue weighted by Crippen LogP contribution is 2.29. The molecule has 1 heterocycles. The third kappa shape index (κ3) is 4.26. The van der Waals surface area contributed by atoms with Crippen LogP contribution in [0.4, 0.5) is 5.69 Å². The van der Waals surface area contributed by atoms with Crippen LogP contribution >= 0.6 is 0 Å². The van der Waals surface area contributed by atoms with Gasteiger partial charge in [0.15, 0.2) is 6.10 Å². The zero-order chi connectivity index (χ0) is 21.1. The number of nitrogens with one attached hydrogen (secondary N) is 1. The Morgan fingerprint density at radius 2 is 1.79 bits per heavy atom. The Morgan fingerprint density at radius 3 is 2.45 bits per heavy atom. The number of fused-ring (bicyclic) bond motifs is 1. The Bertz CT molecular complexity index is 1050. The summed E-state index contributed by atoms with van der Waals surface area (Å²) in [4.78, 5) is 25.1. The van der Waals surface area contributed by atoms with Gasteiger partial charge in [0.25, 0.3) is 5.91 Å². The highest BCUT2D eigenvalue weighted by molar-refractivity contribution is 6.00. The molecule has 0 fully saturated rings. The summed E-state index contributed by atoms with van der Waals surface area (Å²) in [6, 6.07) is 11.1. The number of carbonyl (C=O) groups is 2. The molecule has 3 aromatic rings. The fourth-order valence-electron chi connectivity index (χ4n) is 3.16. The predicted octanol–water partition coefficient (Wildman–Crippen LogP) is 4.94. The van der Waals surface area contributed by atoms with Gasteiger partial charge in [-0.15, -0.1) is 0 Å². The molecular formula is C23H25NO5. The molecule has 0 aliphatic rings. The number of amides is 1. The van der Waals surface area contributed by atoms with Crippen LogP contribution in [0.5, 0.6) is 5.75 Å². The number of hydrogen-bond acceptors (Lipinski definition) is 5. The molecule has 6 nitrogen and oxygen atoms in total. The van der Waals surface area contributed by atoms with Crippen molar-refractivity contribution in [2.24, 2.45) is 0 Å². The number of hydrogen-bond donors (Lipinski definition) is 1. The largest absolute Gasteiger partial charge is 0.494 e. The maximum Gasteiger partial charge on any atom is 0.375 e. The second kappa shape index (κ2) is 8.39. The minimum atomic E-state index is -0.979. The van der Waals surface area contributed by atoms with Crippen molar-refractivity contribution >= 4 is 28.5 Å². The highest BCUT2D eigenvalue weighted by Gasteiger charge is 2.25. The van der Waals surface area contributed by atoms with E-state index in [9.17, 15) is 9.59 Å². The molecule has 3 rings (SSSR count). The number of rotatable bonds is 6. The second-order valence-electron chi connectivity index (χ2n) is 6.95. The van der Waals surface area contributed by atoms with Crippen molar-refractivity contribution in [3.05, 3.63) is 58.8 Å². The Hall–Kier alpha value is -3.28. The van der Waals surface area contributed by atoms with Crippen molar-refractivity contribution < 1.29 is 23.5 Å². The normalized spacial score (nSPS) is 11.9. The van der Waals surface area contributed by atoms with Gasteiger partial charge in [-0.1, -0.05) is 18.2 Å². The van der Waals surface area contributed by atoms with Crippen LogP contribution in [0.1, 0.15) is 41.1 Å². The summed E-state index contributed by atoms with van der Waals surface area (Å²) in [7, 11) is 0. The van der Waals surface area contributed by atoms with E-state index in [1.165, 1.54) is 6.92 Å². The first kappa shape index (κ1) is 20.5. The van der Waals surface area contributed by atoms with Gasteiger partial charge in [-0.05, 0) is 63.9 Å². The summed E-state index contributed by atoms with van der Waals surface area (Å²) in [5.74, 6) is -0.297. The molecule has 0 saturated carbocycles. The topological polar surface area (TPSA) is 77.8 Å². The van der Waals surface area contributed by atoms with E-state index in [2.05, 4.69) is 5.32 Å². The lowest BCUT2D eigenvalue weighted by molar-refractivity contribution is -0.123. The molecular weight excluding hydrogens is 370 g/mol. The minimum Gasteiger partial charge on any atom is -0.494 e. The average Bonchev–Trinajstić information content (AvgIpc) is 3.01. The van der Waals surface area contributed by atoms with Crippen LogP contribution in [-0.4, -0.2) is 24.6 Å². The van der Waals surface area contributed by atoms with Gasteiger partial charge in [0.05, 0.1) is 6.61 Å². The molecule has 1 aromatic heterocycles. The zero-order valence-corrected chi connectivity index (χ0v) is 17.3. The molecule has 0 radical (unpaired) electrons. The summed E-state index contributed by atoms with van der Waals surface area (Å²) >= 11 is 0. The number of carbonyl (C=O) groups excluding carboxylic acids is 2. The van der Waals surface area contributed by atoms with E-state index < -0.39 is 18.0 Å². The van der Waals surface area contributed by atoms with Crippen LogP contribution in [0.25, 0.3) is 11.0 Å². The summed E-state index contributed by atoms with van der Waals surface area (Å²) in [6.07, 6.45) is -0.979. The maximum atomic E-state index is 12.6. The van der Waals surface area contributed by atoms with Crippen molar-refractivity contribution in [3.8, 4) is 5.75 Å². The predicted molar refractivity (Wildman–Crippen MR) is 112 cm³/mol. The third-order valence-corrected chi connectivity index (χ3v) is 4.79. The summed E-state index contributed by atoms with van der Waals surface area (Å²) < 4.78 is 16.5. The first-order valence-electron chi connectivity index (χ1n) is 9.55. The van der Waals surface area contributed by atoms with Crippen molar-refractivity contribution in [1.82, 2.24) is 0 Å². The van der Waals surface area contributed by atoms with E-state index in [0.717, 1.165) is 22.2 Å². The number of para-hydroxylation sites is 1. The van der Waals surface area contributed by atoms with E-state index in [-0.39, 0.29) is 5.76 Å². The number of ether oxygens (including phenoxy) is 2. The Labute approximate surface area is 169 Å². The van der Waals surface area contributed by atoms with Gasteiger partial charge in [-0.3, -0.25) is 4.79 Å². The Balaban J connectivity index is 1.75. The summed E-state index contributed by atoms with van der Waals surface area (Å²) in [5.41, 5.74) is 3.81. The Morgan fingerprint density at radius 1 is 1.10 bits per heavy atom. The van der Waals surface area contributed by atoms with Crippen molar-refractivity contribution in [2.75, 3.05) is 11.9 Å². The van der Waals surface area contributed by atoms with E-state index in [4.69, 9.17) is 13.9 Å². The summed E-state index contributed by atoms with van der Waals surface area (Å²) in [6.45, 7) is 9.58. The van der Waals surface area contributed by atoms with Gasteiger partial charge in [0, 0.05) is 16.6 Å². The van der Waals surface area contributed by atoms with Gasteiger partial charge in [0.1, 0.15) is 11.3 Å². The molecule has 0 spiro atoms. The van der Waals surface area contributed by atoms with Crippen LogP contribution in [-0.2, 0) is 9.53 Å². The number of furan rings is 1. The van der Waals surface area contributed by atoms with Crippen molar-refractivity contribution in [1.29, 1.82) is 0 Å². The lowest BCUT2D eigenvalue weighted by Gasteiger charge is -2.15. The number of benzene rings is 2. The standard InChI is InChI=1S/C23H25NO5/c1-6-27-17-10-11-19-18(12-17)15(4)21(29-19)23(26)28-16(5)22(25)24-20-13(2)8-7-9-14(20)3/h7-12,16H,6H2,1-5H3,(H,24,25)/t16-/m1/s1. The van der Waals surface area contributed by atoms with Crippen LogP contribution in [0.2, 0.25) is 0 Å². The molecule has 1 amide bonds. The molecule has 152 valence electrons. The average molecular weight is 395 g/mol. The zero-order valence-electron chi connectivity index (χ0n) is 17.3. The van der Waals surface area contributed by atoms with Crippen molar-refractivity contribution in [2.45, 2.75) is 40.7 Å². The van der Waals surface area contributed by atoms with Crippen LogP contribution in [0.3, 0.4) is 0 Å². The van der Waals surface area contributed by atoms with Gasteiger partial charge in [-0.25, -0.2) is 4.79 Å². The Kier molecular flexibility index (Phi) is 5.92. The lowest BCUT2D eigenvalue weighted by Crippen LogP contribution is -2.30. The molecule has 1 N–H and O–H groups in total. The molecule has 0 aliphatic heterocycles. The molecule has 29 heavy (non-hydrogen) atoms. The molecule has 0 saturated heterocycles. The second-order valence-corrected chi connectivity index (χ2v) is 6.95. The van der Waals surface area contributed by atoms with E-state index >= 15 is 0 Å². The lowest BCUT2D eigenvalue weighted by atomic mass is 10.1. The monoisotopic (exact) mass is 395 g/mol. The summed E-state index contributed by atoms with van der Waals surface area (Å²) in [5, 5.41) is 3.61. The maximum absolute atomic E-state index is 12.6. The third-order valence-electron chi connectivity index (χ3n) is 4.79. The van der Waals surface area contributed by atoms with Gasteiger partial charge in [-0.2, -0.15) is 0 Å². The van der Waals surface area contributed by atoms with Gasteiger partial charge < -0.3 is 19.2 Å². The highest BCUT2D eigenvalue weighted by atomic mass is 16.6. The molecule has 0 unspecified atom stereocenters. The van der Waals surface area contributed by atoms with E-state index in [1.807, 2.05) is 45.0 Å². The smallest absolute Gasteiger partial charge is 0.375 e. The molecule has 1 atom stereocenters. The number of esters is 1. The minimum absolute atomic E-state index is 0.0837.